The van der Waals surface area contributed by atoms with Crippen molar-refractivity contribution in [1.82, 2.24) is 19.7 Å². The lowest BCUT2D eigenvalue weighted by Crippen LogP contribution is -2.40. The Labute approximate surface area is 205 Å². The van der Waals surface area contributed by atoms with Crippen LogP contribution in [0.15, 0.2) is 59.8 Å². The van der Waals surface area contributed by atoms with Gasteiger partial charge in [0.25, 0.3) is 0 Å². The van der Waals surface area contributed by atoms with Crippen molar-refractivity contribution >= 4 is 17.7 Å². The number of hydrogen-bond donors (Lipinski definition) is 0. The molecule has 2 heterocycles. The Balaban J connectivity index is 1.44. The molecule has 1 aromatic heterocycles. The average Bonchev–Trinajstić information content (AvgIpc) is 3.26. The zero-order valence-electron chi connectivity index (χ0n) is 19.9. The van der Waals surface area contributed by atoms with Crippen molar-refractivity contribution in [2.75, 3.05) is 32.6 Å². The Hall–Kier alpha value is -2.84. The van der Waals surface area contributed by atoms with Crippen molar-refractivity contribution in [3.05, 3.63) is 60.4 Å². The molecule has 180 valence electrons. The third-order valence-electron chi connectivity index (χ3n) is 5.98. The van der Waals surface area contributed by atoms with Gasteiger partial charge in [0, 0.05) is 32.3 Å². The van der Waals surface area contributed by atoms with E-state index in [9.17, 15) is 4.79 Å². The van der Waals surface area contributed by atoms with Crippen molar-refractivity contribution in [2.24, 2.45) is 5.92 Å². The number of aromatic nitrogens is 3. The van der Waals surface area contributed by atoms with E-state index in [1.165, 1.54) is 18.2 Å². The third kappa shape index (κ3) is 6.18. The standard InChI is InChI=1S/C26H32N4O3S/c1-20-9-8-14-29(17-20)25(31)19-34-26-28-27-24(30(26)15-16-32-2)18-33-23-13-7-6-12-22(23)21-10-4-3-5-11-21/h3-7,10-13,20H,8-9,14-19H2,1-2H3. The maximum atomic E-state index is 12.7. The van der Waals surface area contributed by atoms with Crippen LogP contribution in [0, 0.1) is 5.92 Å². The smallest absolute Gasteiger partial charge is 0.233 e. The van der Waals surface area contributed by atoms with Gasteiger partial charge >= 0.3 is 0 Å². The summed E-state index contributed by atoms with van der Waals surface area (Å²) < 4.78 is 13.5. The van der Waals surface area contributed by atoms with Crippen LogP contribution in [0.4, 0.5) is 0 Å². The molecule has 7 nitrogen and oxygen atoms in total. The molecule has 0 saturated carbocycles. The number of nitrogens with zero attached hydrogens (tertiary/aromatic N) is 4. The van der Waals surface area contributed by atoms with Gasteiger partial charge in [-0.05, 0) is 30.4 Å². The number of thioether (sulfide) groups is 1. The number of piperidine rings is 1. The zero-order valence-corrected chi connectivity index (χ0v) is 20.7. The molecule has 1 aliphatic rings. The topological polar surface area (TPSA) is 69.5 Å². The van der Waals surface area contributed by atoms with E-state index >= 15 is 0 Å². The summed E-state index contributed by atoms with van der Waals surface area (Å²) in [6.45, 7) is 5.29. The van der Waals surface area contributed by atoms with Crippen LogP contribution in [0.5, 0.6) is 5.75 Å². The SMILES string of the molecule is COCCn1c(COc2ccccc2-c2ccccc2)nnc1SCC(=O)N1CCCC(C)C1. The van der Waals surface area contributed by atoms with Crippen LogP contribution in [0.3, 0.4) is 0 Å². The second kappa shape index (κ2) is 12.0. The van der Waals surface area contributed by atoms with E-state index in [0.717, 1.165) is 36.4 Å². The summed E-state index contributed by atoms with van der Waals surface area (Å²) >= 11 is 1.43. The Kier molecular flexibility index (Phi) is 8.60. The minimum atomic E-state index is 0.160. The van der Waals surface area contributed by atoms with Crippen LogP contribution in [0.1, 0.15) is 25.6 Å². The first-order valence-corrected chi connectivity index (χ1v) is 12.7. The normalized spacial score (nSPS) is 15.9. The van der Waals surface area contributed by atoms with E-state index in [1.807, 2.05) is 45.9 Å². The second-order valence-corrected chi connectivity index (χ2v) is 9.51. The molecule has 0 spiro atoms. The zero-order chi connectivity index (χ0) is 23.8. The van der Waals surface area contributed by atoms with E-state index in [1.54, 1.807) is 7.11 Å². The van der Waals surface area contributed by atoms with E-state index in [4.69, 9.17) is 9.47 Å². The summed E-state index contributed by atoms with van der Waals surface area (Å²) in [5.41, 5.74) is 2.13. The molecule has 3 aromatic rings. The summed E-state index contributed by atoms with van der Waals surface area (Å²) in [7, 11) is 1.67. The van der Waals surface area contributed by atoms with Crippen molar-refractivity contribution in [2.45, 2.75) is 38.1 Å². The van der Waals surface area contributed by atoms with Gasteiger partial charge < -0.3 is 18.9 Å². The van der Waals surface area contributed by atoms with Crippen LogP contribution >= 0.6 is 11.8 Å². The molecule has 4 rings (SSSR count). The van der Waals surface area contributed by atoms with Crippen LogP contribution in [0.2, 0.25) is 0 Å². The number of carbonyl (C=O) groups excluding carboxylic acids is 1. The first kappa shape index (κ1) is 24.3. The van der Waals surface area contributed by atoms with Gasteiger partial charge in [-0.3, -0.25) is 4.79 Å². The lowest BCUT2D eigenvalue weighted by molar-refractivity contribution is -0.130. The number of ether oxygens (including phenoxy) is 2. The van der Waals surface area contributed by atoms with Crippen molar-refractivity contribution < 1.29 is 14.3 Å². The highest BCUT2D eigenvalue weighted by Gasteiger charge is 2.22. The fourth-order valence-corrected chi connectivity index (χ4v) is 5.05. The van der Waals surface area contributed by atoms with Gasteiger partial charge in [0.2, 0.25) is 5.91 Å². The molecule has 1 amide bonds. The summed E-state index contributed by atoms with van der Waals surface area (Å²) in [4.78, 5) is 14.7. The maximum Gasteiger partial charge on any atom is 0.233 e. The van der Waals surface area contributed by atoms with Crippen molar-refractivity contribution in [3.63, 3.8) is 0 Å². The maximum absolute atomic E-state index is 12.7. The number of carbonyl (C=O) groups is 1. The molecule has 1 unspecified atom stereocenters. The average molecular weight is 481 g/mol. The quantitative estimate of drug-likeness (QED) is 0.398. The monoisotopic (exact) mass is 480 g/mol. The van der Waals surface area contributed by atoms with Gasteiger partial charge in [-0.1, -0.05) is 67.2 Å². The number of benzene rings is 2. The summed E-state index contributed by atoms with van der Waals surface area (Å²) in [5, 5.41) is 9.45. The Bertz CT molecular complexity index is 1070. The fraction of sp³-hybridized carbons (Fsp3) is 0.423. The van der Waals surface area contributed by atoms with Crippen LogP contribution in [0.25, 0.3) is 11.1 Å². The summed E-state index contributed by atoms with van der Waals surface area (Å²) in [6.07, 6.45) is 2.27. The van der Waals surface area contributed by atoms with Crippen molar-refractivity contribution in [1.29, 1.82) is 0 Å². The van der Waals surface area contributed by atoms with Gasteiger partial charge in [-0.15, -0.1) is 10.2 Å². The highest BCUT2D eigenvalue weighted by molar-refractivity contribution is 7.99. The number of methoxy groups -OCH3 is 1. The fourth-order valence-electron chi connectivity index (χ4n) is 4.16. The molecule has 8 heteroatoms. The number of amides is 1. The molecule has 0 radical (unpaired) electrons. The highest BCUT2D eigenvalue weighted by atomic mass is 32.2. The van der Waals surface area contributed by atoms with Crippen molar-refractivity contribution in [3.8, 4) is 16.9 Å². The summed E-state index contributed by atoms with van der Waals surface area (Å²) in [5.74, 6) is 2.58. The minimum absolute atomic E-state index is 0.160. The Morgan fingerprint density at radius 1 is 1.12 bits per heavy atom. The van der Waals surface area contributed by atoms with Crippen LogP contribution in [-0.2, 0) is 22.7 Å². The number of hydrogen-bond acceptors (Lipinski definition) is 6. The number of para-hydroxylation sites is 1. The first-order valence-electron chi connectivity index (χ1n) is 11.7. The van der Waals surface area contributed by atoms with Gasteiger partial charge in [-0.2, -0.15) is 0 Å². The van der Waals surface area contributed by atoms with Crippen LogP contribution in [-0.4, -0.2) is 58.1 Å². The van der Waals surface area contributed by atoms with Gasteiger partial charge in [-0.25, -0.2) is 0 Å². The number of likely N-dealkylation sites (tertiary alicyclic amines) is 1. The molecule has 2 aromatic carbocycles. The van der Waals surface area contributed by atoms with Crippen LogP contribution < -0.4 is 4.74 Å². The molecule has 0 aliphatic carbocycles. The van der Waals surface area contributed by atoms with E-state index in [-0.39, 0.29) is 12.5 Å². The Morgan fingerprint density at radius 3 is 2.71 bits per heavy atom. The molecular weight excluding hydrogens is 448 g/mol. The van der Waals surface area contributed by atoms with E-state index in [2.05, 4.69) is 35.3 Å². The van der Waals surface area contributed by atoms with Gasteiger partial charge in [0.1, 0.15) is 12.4 Å². The predicted octanol–water partition coefficient (Wildman–Crippen LogP) is 4.52. The first-order chi connectivity index (χ1) is 16.7. The largest absolute Gasteiger partial charge is 0.485 e. The molecule has 1 saturated heterocycles. The molecular formula is C26H32N4O3S. The van der Waals surface area contributed by atoms with Gasteiger partial charge in [0.15, 0.2) is 11.0 Å². The molecule has 0 N–H and O–H groups in total. The van der Waals surface area contributed by atoms with Gasteiger partial charge in [0.05, 0.1) is 12.4 Å². The minimum Gasteiger partial charge on any atom is -0.485 e. The predicted molar refractivity (Wildman–Crippen MR) is 134 cm³/mol. The molecule has 34 heavy (non-hydrogen) atoms. The lowest BCUT2D eigenvalue weighted by atomic mass is 10.0. The van der Waals surface area contributed by atoms with E-state index < -0.39 is 0 Å². The molecule has 1 atom stereocenters. The Morgan fingerprint density at radius 2 is 1.91 bits per heavy atom. The second-order valence-electron chi connectivity index (χ2n) is 8.57. The molecule has 0 bridgehead atoms. The lowest BCUT2D eigenvalue weighted by Gasteiger charge is -2.30. The number of rotatable bonds is 10. The molecule has 1 fully saturated rings. The summed E-state index contributed by atoms with van der Waals surface area (Å²) in [6, 6.07) is 18.2. The van der Waals surface area contributed by atoms with E-state index in [0.29, 0.717) is 35.8 Å². The molecule has 1 aliphatic heterocycles. The highest BCUT2D eigenvalue weighted by Crippen LogP contribution is 2.30. The third-order valence-corrected chi connectivity index (χ3v) is 6.93.